The molecule has 0 aromatic rings. The van der Waals surface area contributed by atoms with E-state index in [1.165, 1.54) is 0 Å². The van der Waals surface area contributed by atoms with E-state index in [9.17, 15) is 9.59 Å². The van der Waals surface area contributed by atoms with Crippen molar-refractivity contribution in [2.45, 2.75) is 26.2 Å². The molecular formula is C14H27N3O3. The lowest BCUT2D eigenvalue weighted by atomic mass is 9.97. The molecule has 0 saturated carbocycles. The third-order valence-electron chi connectivity index (χ3n) is 3.99. The van der Waals surface area contributed by atoms with Crippen molar-refractivity contribution in [3.05, 3.63) is 0 Å². The van der Waals surface area contributed by atoms with E-state index in [2.05, 4.69) is 17.3 Å². The van der Waals surface area contributed by atoms with Crippen LogP contribution in [0.5, 0.6) is 0 Å². The minimum atomic E-state index is -0.820. The van der Waals surface area contributed by atoms with E-state index >= 15 is 0 Å². The molecule has 1 rings (SSSR count). The predicted octanol–water partition coefficient (Wildman–Crippen LogP) is 1.08. The maximum Gasteiger partial charge on any atom is 0.317 e. The van der Waals surface area contributed by atoms with Gasteiger partial charge in [0.15, 0.2) is 0 Å². The number of hydrogen-bond acceptors (Lipinski definition) is 3. The molecule has 0 spiro atoms. The first kappa shape index (κ1) is 16.8. The zero-order chi connectivity index (χ0) is 15.1. The summed E-state index contributed by atoms with van der Waals surface area (Å²) in [5.74, 6) is -0.673. The number of nitrogens with zero attached hydrogens (tertiary/aromatic N) is 2. The second kappa shape index (κ2) is 8.09. The Balaban J connectivity index is 2.20. The summed E-state index contributed by atoms with van der Waals surface area (Å²) in [6.07, 6.45) is 2.72. The molecule has 1 saturated heterocycles. The number of carbonyl (C=O) groups is 2. The highest BCUT2D eigenvalue weighted by Crippen LogP contribution is 2.16. The van der Waals surface area contributed by atoms with Gasteiger partial charge in [0.25, 0.3) is 0 Å². The van der Waals surface area contributed by atoms with E-state index < -0.39 is 11.9 Å². The highest BCUT2D eigenvalue weighted by Gasteiger charge is 2.20. The Morgan fingerprint density at radius 2 is 2.00 bits per heavy atom. The lowest BCUT2D eigenvalue weighted by Crippen LogP contribution is -2.42. The third kappa shape index (κ3) is 5.77. The van der Waals surface area contributed by atoms with Crippen LogP contribution < -0.4 is 5.32 Å². The summed E-state index contributed by atoms with van der Waals surface area (Å²) in [4.78, 5) is 26.6. The van der Waals surface area contributed by atoms with E-state index in [0.717, 1.165) is 32.5 Å². The molecule has 0 radical (unpaired) electrons. The van der Waals surface area contributed by atoms with Crippen LogP contribution in [0.1, 0.15) is 26.2 Å². The van der Waals surface area contributed by atoms with Crippen molar-refractivity contribution in [1.29, 1.82) is 0 Å². The monoisotopic (exact) mass is 285 g/mol. The summed E-state index contributed by atoms with van der Waals surface area (Å²) in [5.41, 5.74) is 0. The fraction of sp³-hybridized carbons (Fsp3) is 0.857. The highest BCUT2D eigenvalue weighted by molar-refractivity contribution is 5.74. The van der Waals surface area contributed by atoms with Gasteiger partial charge in [-0.25, -0.2) is 4.79 Å². The highest BCUT2D eigenvalue weighted by atomic mass is 16.4. The van der Waals surface area contributed by atoms with Gasteiger partial charge in [-0.05, 0) is 45.3 Å². The Labute approximate surface area is 121 Å². The Bertz CT molecular complexity index is 328. The average molecular weight is 285 g/mol. The number of aliphatic carboxylic acids is 1. The van der Waals surface area contributed by atoms with Crippen LogP contribution >= 0.6 is 0 Å². The topological polar surface area (TPSA) is 72.9 Å². The number of carbonyl (C=O) groups excluding carboxylic acids is 1. The van der Waals surface area contributed by atoms with Gasteiger partial charge in [0.2, 0.25) is 0 Å². The quantitative estimate of drug-likeness (QED) is 0.766. The summed E-state index contributed by atoms with van der Waals surface area (Å²) < 4.78 is 0. The van der Waals surface area contributed by atoms with E-state index in [4.69, 9.17) is 5.11 Å². The summed E-state index contributed by atoms with van der Waals surface area (Å²) in [5, 5.41) is 11.5. The Morgan fingerprint density at radius 1 is 1.40 bits per heavy atom. The van der Waals surface area contributed by atoms with Gasteiger partial charge in [0.1, 0.15) is 0 Å². The molecule has 2 N–H and O–H groups in total. The van der Waals surface area contributed by atoms with Gasteiger partial charge in [0, 0.05) is 20.1 Å². The molecule has 1 fully saturated rings. The maximum absolute atomic E-state index is 11.9. The van der Waals surface area contributed by atoms with Gasteiger partial charge < -0.3 is 20.2 Å². The van der Waals surface area contributed by atoms with Crippen molar-refractivity contribution in [2.75, 3.05) is 40.3 Å². The molecule has 0 aromatic heterocycles. The summed E-state index contributed by atoms with van der Waals surface area (Å²) in [6, 6.07) is -0.110. The summed E-state index contributed by atoms with van der Waals surface area (Å²) in [7, 11) is 3.92. The first-order valence-electron chi connectivity index (χ1n) is 7.30. The molecule has 6 nitrogen and oxygen atoms in total. The summed E-state index contributed by atoms with van der Waals surface area (Å²) in [6.45, 7) is 5.02. The fourth-order valence-corrected chi connectivity index (χ4v) is 2.37. The van der Waals surface area contributed by atoms with Crippen LogP contribution in [0, 0.1) is 11.8 Å². The molecule has 0 bridgehead atoms. The zero-order valence-electron chi connectivity index (χ0n) is 12.8. The first-order valence-corrected chi connectivity index (χ1v) is 7.30. The van der Waals surface area contributed by atoms with Crippen LogP contribution in [0.25, 0.3) is 0 Å². The summed E-state index contributed by atoms with van der Waals surface area (Å²) >= 11 is 0. The van der Waals surface area contributed by atoms with Gasteiger partial charge in [-0.3, -0.25) is 4.79 Å². The second-order valence-corrected chi connectivity index (χ2v) is 5.89. The van der Waals surface area contributed by atoms with Crippen molar-refractivity contribution < 1.29 is 14.7 Å². The van der Waals surface area contributed by atoms with Gasteiger partial charge in [0.05, 0.1) is 5.92 Å². The van der Waals surface area contributed by atoms with E-state index in [-0.39, 0.29) is 6.03 Å². The van der Waals surface area contributed by atoms with E-state index in [1.807, 2.05) is 0 Å². The zero-order valence-corrected chi connectivity index (χ0v) is 12.8. The molecule has 6 heteroatoms. The number of piperidine rings is 1. The first-order chi connectivity index (χ1) is 9.40. The molecular weight excluding hydrogens is 258 g/mol. The average Bonchev–Trinajstić information content (AvgIpc) is 2.40. The van der Waals surface area contributed by atoms with Gasteiger partial charge in [-0.1, -0.05) is 6.92 Å². The standard InChI is InChI=1S/C14H27N3O3/c1-11(13(18)19)4-7-15-14(20)17(3)10-12-5-8-16(2)9-6-12/h11-12H,4-10H2,1-3H3,(H,15,20)(H,18,19). The molecule has 1 aliphatic heterocycles. The van der Waals surface area contributed by atoms with Crippen LogP contribution in [-0.2, 0) is 4.79 Å². The van der Waals surface area contributed by atoms with Crippen LogP contribution in [-0.4, -0.2) is 67.2 Å². The number of hydrogen-bond donors (Lipinski definition) is 2. The van der Waals surface area contributed by atoms with Gasteiger partial charge in [-0.2, -0.15) is 0 Å². The molecule has 1 aliphatic rings. The fourth-order valence-electron chi connectivity index (χ4n) is 2.37. The third-order valence-corrected chi connectivity index (χ3v) is 3.99. The minimum absolute atomic E-state index is 0.110. The van der Waals surface area contributed by atoms with Crippen molar-refractivity contribution >= 4 is 12.0 Å². The van der Waals surface area contributed by atoms with Crippen molar-refractivity contribution in [3.63, 3.8) is 0 Å². The van der Waals surface area contributed by atoms with Crippen molar-refractivity contribution in [1.82, 2.24) is 15.1 Å². The van der Waals surface area contributed by atoms with E-state index in [1.54, 1.807) is 18.9 Å². The van der Waals surface area contributed by atoms with E-state index in [0.29, 0.717) is 18.9 Å². The normalized spacial score (nSPS) is 18.6. The Kier molecular flexibility index (Phi) is 6.78. The van der Waals surface area contributed by atoms with Crippen LogP contribution in [0.15, 0.2) is 0 Å². The Morgan fingerprint density at radius 3 is 2.55 bits per heavy atom. The molecule has 2 amide bonds. The molecule has 20 heavy (non-hydrogen) atoms. The smallest absolute Gasteiger partial charge is 0.317 e. The molecule has 1 atom stereocenters. The van der Waals surface area contributed by atoms with Crippen LogP contribution in [0.4, 0.5) is 4.79 Å². The largest absolute Gasteiger partial charge is 0.481 e. The minimum Gasteiger partial charge on any atom is -0.481 e. The lowest BCUT2D eigenvalue weighted by Gasteiger charge is -2.31. The SMILES string of the molecule is CC(CCNC(=O)N(C)CC1CCN(C)CC1)C(=O)O. The lowest BCUT2D eigenvalue weighted by molar-refractivity contribution is -0.141. The van der Waals surface area contributed by atoms with Gasteiger partial charge in [-0.15, -0.1) is 0 Å². The number of amides is 2. The number of urea groups is 1. The van der Waals surface area contributed by atoms with Gasteiger partial charge >= 0.3 is 12.0 Å². The van der Waals surface area contributed by atoms with Crippen molar-refractivity contribution in [2.24, 2.45) is 11.8 Å². The second-order valence-electron chi connectivity index (χ2n) is 5.89. The Hall–Kier alpha value is -1.30. The molecule has 1 unspecified atom stereocenters. The van der Waals surface area contributed by atoms with Crippen molar-refractivity contribution in [3.8, 4) is 0 Å². The maximum atomic E-state index is 11.9. The number of nitrogens with one attached hydrogen (secondary N) is 1. The predicted molar refractivity (Wildman–Crippen MR) is 77.7 cm³/mol. The number of rotatable bonds is 6. The van der Waals surface area contributed by atoms with Crippen LogP contribution in [0.3, 0.4) is 0 Å². The molecule has 0 aliphatic carbocycles. The molecule has 116 valence electrons. The number of carboxylic acid groups (broad SMARTS) is 1. The number of carboxylic acids is 1. The van der Waals surface area contributed by atoms with Crippen LogP contribution in [0.2, 0.25) is 0 Å². The molecule has 0 aromatic carbocycles. The molecule has 1 heterocycles. The number of likely N-dealkylation sites (tertiary alicyclic amines) is 1.